The summed E-state index contributed by atoms with van der Waals surface area (Å²) >= 11 is 0. The molecule has 0 spiro atoms. The fourth-order valence-electron chi connectivity index (χ4n) is 1.65. The van der Waals surface area contributed by atoms with E-state index in [4.69, 9.17) is 11.5 Å². The van der Waals surface area contributed by atoms with E-state index in [0.717, 1.165) is 12.4 Å². The van der Waals surface area contributed by atoms with Crippen molar-refractivity contribution >= 4 is 17.4 Å². The zero-order valence-electron chi connectivity index (χ0n) is 10.5. The van der Waals surface area contributed by atoms with Crippen LogP contribution in [0.5, 0.6) is 0 Å². The summed E-state index contributed by atoms with van der Waals surface area (Å²) in [4.78, 5) is 15.4. The standard InChI is InChI=1S/C11H15N7O/c1-2-18-6-16-17-9(18)5-15-11-8(10(13)19)3-7(12)4-14-11/h3-4,6H,2,5,12H2,1H3,(H2,13,19)(H,14,15). The Bertz CT molecular complexity index is 592. The monoisotopic (exact) mass is 261 g/mol. The van der Waals surface area contributed by atoms with Gasteiger partial charge in [0.15, 0.2) is 5.82 Å². The van der Waals surface area contributed by atoms with Crippen molar-refractivity contribution in [2.24, 2.45) is 5.73 Å². The topological polar surface area (TPSA) is 125 Å². The van der Waals surface area contributed by atoms with E-state index < -0.39 is 5.91 Å². The van der Waals surface area contributed by atoms with Gasteiger partial charge in [-0.3, -0.25) is 4.79 Å². The minimum atomic E-state index is -0.584. The van der Waals surface area contributed by atoms with Crippen LogP contribution in [0.3, 0.4) is 0 Å². The van der Waals surface area contributed by atoms with Gasteiger partial charge >= 0.3 is 0 Å². The molecule has 0 aromatic carbocycles. The van der Waals surface area contributed by atoms with Crippen LogP contribution in [0.4, 0.5) is 11.5 Å². The van der Waals surface area contributed by atoms with E-state index in [1.807, 2.05) is 11.5 Å². The van der Waals surface area contributed by atoms with Gasteiger partial charge < -0.3 is 21.4 Å². The summed E-state index contributed by atoms with van der Waals surface area (Å²) in [6.45, 7) is 3.15. The van der Waals surface area contributed by atoms with E-state index in [9.17, 15) is 4.79 Å². The Morgan fingerprint density at radius 1 is 1.53 bits per heavy atom. The van der Waals surface area contributed by atoms with Crippen molar-refractivity contribution in [2.75, 3.05) is 11.1 Å². The highest BCUT2D eigenvalue weighted by molar-refractivity contribution is 5.98. The second kappa shape index (κ2) is 5.34. The van der Waals surface area contributed by atoms with Gasteiger partial charge in [0.1, 0.15) is 12.1 Å². The van der Waals surface area contributed by atoms with Gasteiger partial charge in [0.25, 0.3) is 5.91 Å². The van der Waals surface area contributed by atoms with Crippen molar-refractivity contribution < 1.29 is 4.79 Å². The fraction of sp³-hybridized carbons (Fsp3) is 0.273. The maximum Gasteiger partial charge on any atom is 0.252 e. The van der Waals surface area contributed by atoms with E-state index in [-0.39, 0.29) is 5.56 Å². The molecule has 0 saturated heterocycles. The van der Waals surface area contributed by atoms with Gasteiger partial charge in [0, 0.05) is 6.54 Å². The second-order valence-corrected chi connectivity index (χ2v) is 3.92. The molecule has 0 unspecified atom stereocenters. The Kier molecular flexibility index (Phi) is 3.60. The molecule has 1 amide bonds. The Balaban J connectivity index is 2.18. The van der Waals surface area contributed by atoms with Gasteiger partial charge in [0.2, 0.25) is 0 Å². The molecule has 100 valence electrons. The van der Waals surface area contributed by atoms with Crippen LogP contribution in [0.2, 0.25) is 0 Å². The van der Waals surface area contributed by atoms with Crippen molar-refractivity contribution in [3.63, 3.8) is 0 Å². The molecule has 8 heteroatoms. The molecule has 0 radical (unpaired) electrons. The molecule has 2 rings (SSSR count). The highest BCUT2D eigenvalue weighted by Gasteiger charge is 2.11. The number of anilines is 2. The van der Waals surface area contributed by atoms with Crippen molar-refractivity contribution in [1.82, 2.24) is 19.7 Å². The lowest BCUT2D eigenvalue weighted by molar-refractivity contribution is 0.100. The number of pyridine rings is 1. The van der Waals surface area contributed by atoms with Crippen molar-refractivity contribution in [1.29, 1.82) is 0 Å². The maximum absolute atomic E-state index is 11.3. The minimum Gasteiger partial charge on any atom is -0.397 e. The number of rotatable bonds is 5. The zero-order chi connectivity index (χ0) is 13.8. The van der Waals surface area contributed by atoms with E-state index in [2.05, 4.69) is 20.5 Å². The summed E-state index contributed by atoms with van der Waals surface area (Å²) < 4.78 is 1.88. The molecule has 2 heterocycles. The largest absolute Gasteiger partial charge is 0.397 e. The minimum absolute atomic E-state index is 0.252. The molecule has 0 aliphatic carbocycles. The van der Waals surface area contributed by atoms with Crippen molar-refractivity contribution in [3.05, 3.63) is 30.0 Å². The number of carbonyl (C=O) groups is 1. The van der Waals surface area contributed by atoms with Gasteiger partial charge in [-0.2, -0.15) is 0 Å². The first-order valence-electron chi connectivity index (χ1n) is 5.77. The third-order valence-corrected chi connectivity index (χ3v) is 2.62. The number of hydrogen-bond acceptors (Lipinski definition) is 6. The summed E-state index contributed by atoms with van der Waals surface area (Å²) in [6.07, 6.45) is 3.10. The zero-order valence-corrected chi connectivity index (χ0v) is 10.5. The number of nitrogens with one attached hydrogen (secondary N) is 1. The number of carbonyl (C=O) groups excluding carboxylic acids is 1. The number of aryl methyl sites for hydroxylation is 1. The van der Waals surface area contributed by atoms with E-state index >= 15 is 0 Å². The number of amides is 1. The molecule has 0 bridgehead atoms. The van der Waals surface area contributed by atoms with Crippen LogP contribution in [-0.4, -0.2) is 25.7 Å². The number of nitrogen functional groups attached to an aromatic ring is 1. The molecule has 0 saturated carbocycles. The predicted octanol–water partition coefficient (Wildman–Crippen LogP) is -0.0138. The van der Waals surface area contributed by atoms with Gasteiger partial charge in [-0.1, -0.05) is 0 Å². The van der Waals surface area contributed by atoms with Crippen LogP contribution < -0.4 is 16.8 Å². The molecule has 0 fully saturated rings. The maximum atomic E-state index is 11.3. The second-order valence-electron chi connectivity index (χ2n) is 3.92. The normalized spacial score (nSPS) is 10.4. The van der Waals surface area contributed by atoms with Gasteiger partial charge in [-0.15, -0.1) is 10.2 Å². The first-order chi connectivity index (χ1) is 9.11. The summed E-state index contributed by atoms with van der Waals surface area (Å²) in [7, 11) is 0. The molecule has 2 aromatic heterocycles. The molecular formula is C11H15N7O. The average molecular weight is 261 g/mol. The molecule has 19 heavy (non-hydrogen) atoms. The lowest BCUT2D eigenvalue weighted by Gasteiger charge is -2.09. The molecule has 0 atom stereocenters. The van der Waals surface area contributed by atoms with E-state index in [1.165, 1.54) is 12.3 Å². The number of nitrogens with zero attached hydrogens (tertiary/aromatic N) is 4. The van der Waals surface area contributed by atoms with Gasteiger partial charge in [-0.25, -0.2) is 4.98 Å². The van der Waals surface area contributed by atoms with Crippen LogP contribution in [0.1, 0.15) is 23.1 Å². The highest BCUT2D eigenvalue weighted by Crippen LogP contribution is 2.15. The molecule has 8 nitrogen and oxygen atoms in total. The highest BCUT2D eigenvalue weighted by atomic mass is 16.1. The lowest BCUT2D eigenvalue weighted by atomic mass is 10.2. The summed E-state index contributed by atoms with van der Waals surface area (Å²) in [6, 6.07) is 1.49. The number of nitrogens with two attached hydrogens (primary N) is 2. The average Bonchev–Trinajstić information content (AvgIpc) is 2.84. The summed E-state index contributed by atoms with van der Waals surface area (Å²) in [5, 5.41) is 10.8. The van der Waals surface area contributed by atoms with Crippen LogP contribution in [0, 0.1) is 0 Å². The number of hydrogen-bond donors (Lipinski definition) is 3. The Labute approximate surface area is 109 Å². The van der Waals surface area contributed by atoms with E-state index in [1.54, 1.807) is 6.33 Å². The van der Waals surface area contributed by atoms with Crippen molar-refractivity contribution in [2.45, 2.75) is 20.0 Å². The lowest BCUT2D eigenvalue weighted by Crippen LogP contribution is -2.17. The quantitative estimate of drug-likeness (QED) is 0.695. The van der Waals surface area contributed by atoms with Crippen LogP contribution >= 0.6 is 0 Å². The first-order valence-corrected chi connectivity index (χ1v) is 5.77. The third-order valence-electron chi connectivity index (χ3n) is 2.62. The van der Waals surface area contributed by atoms with Gasteiger partial charge in [0.05, 0.1) is 24.0 Å². The van der Waals surface area contributed by atoms with Crippen LogP contribution in [0.25, 0.3) is 0 Å². The molecule has 2 aromatic rings. The first kappa shape index (κ1) is 12.8. The van der Waals surface area contributed by atoms with Gasteiger partial charge in [-0.05, 0) is 13.0 Å². The van der Waals surface area contributed by atoms with Crippen molar-refractivity contribution in [3.8, 4) is 0 Å². The third kappa shape index (κ3) is 2.79. The predicted molar refractivity (Wildman–Crippen MR) is 70.2 cm³/mol. The smallest absolute Gasteiger partial charge is 0.252 e. The van der Waals surface area contributed by atoms with E-state index in [0.29, 0.717) is 18.1 Å². The SMILES string of the molecule is CCn1cnnc1CNc1ncc(N)cc1C(N)=O. The van der Waals surface area contributed by atoms with Crippen LogP contribution in [0.15, 0.2) is 18.6 Å². The fourth-order valence-corrected chi connectivity index (χ4v) is 1.65. The number of primary amides is 1. The molecular weight excluding hydrogens is 246 g/mol. The summed E-state index contributed by atoms with van der Waals surface area (Å²) in [5.74, 6) is 0.545. The molecule has 0 aliphatic rings. The molecule has 0 aliphatic heterocycles. The van der Waals surface area contributed by atoms with Crippen LogP contribution in [-0.2, 0) is 13.1 Å². The Hall–Kier alpha value is -2.64. The molecule has 5 N–H and O–H groups in total. The Morgan fingerprint density at radius 3 is 3.00 bits per heavy atom. The Morgan fingerprint density at radius 2 is 2.32 bits per heavy atom. The summed E-state index contributed by atoms with van der Waals surface area (Å²) in [5.41, 5.74) is 11.5. The number of aromatic nitrogens is 4.